The molecule has 0 aliphatic carbocycles. The van der Waals surface area contributed by atoms with Crippen LogP contribution in [0.2, 0.25) is 0 Å². The smallest absolute Gasteiger partial charge is 0.261 e. The van der Waals surface area contributed by atoms with Crippen LogP contribution in [-0.4, -0.2) is 50.3 Å². The highest BCUT2D eigenvalue weighted by atomic mass is 32.1. The first kappa shape index (κ1) is 21.9. The predicted octanol–water partition coefficient (Wildman–Crippen LogP) is 3.33. The SMILES string of the molecule is O=C(CCCN1C(=O)c2ccccc2C1=O)NCCc1csc2nc(-c3cccc(F)c3)nn12. The Morgan fingerprint density at radius 1 is 1.06 bits per heavy atom. The number of hydrogen-bond acceptors (Lipinski definition) is 6. The highest BCUT2D eigenvalue weighted by Gasteiger charge is 2.34. The Bertz CT molecular complexity index is 1380. The molecule has 0 spiro atoms. The van der Waals surface area contributed by atoms with E-state index in [2.05, 4.69) is 15.4 Å². The van der Waals surface area contributed by atoms with Crippen LogP contribution in [-0.2, 0) is 11.2 Å². The zero-order chi connectivity index (χ0) is 23.7. The molecule has 8 nitrogen and oxygen atoms in total. The van der Waals surface area contributed by atoms with Gasteiger partial charge in [0.1, 0.15) is 5.82 Å². The summed E-state index contributed by atoms with van der Waals surface area (Å²) in [5.74, 6) is -0.672. The van der Waals surface area contributed by atoms with E-state index in [1.54, 1.807) is 40.9 Å². The lowest BCUT2D eigenvalue weighted by molar-refractivity contribution is -0.121. The number of carbonyl (C=O) groups excluding carboxylic acids is 3. The summed E-state index contributed by atoms with van der Waals surface area (Å²) in [6.07, 6.45) is 1.15. The molecule has 172 valence electrons. The van der Waals surface area contributed by atoms with Gasteiger partial charge in [0.2, 0.25) is 10.9 Å². The molecule has 0 atom stereocenters. The largest absolute Gasteiger partial charge is 0.356 e. The number of imide groups is 1. The maximum absolute atomic E-state index is 13.5. The summed E-state index contributed by atoms with van der Waals surface area (Å²) < 4.78 is 15.2. The third-order valence-electron chi connectivity index (χ3n) is 5.60. The van der Waals surface area contributed by atoms with E-state index in [1.807, 2.05) is 5.38 Å². The fourth-order valence-electron chi connectivity index (χ4n) is 3.90. The first-order valence-corrected chi connectivity index (χ1v) is 11.7. The normalized spacial score (nSPS) is 13.0. The van der Waals surface area contributed by atoms with Gasteiger partial charge in [-0.2, -0.15) is 4.98 Å². The van der Waals surface area contributed by atoms with E-state index < -0.39 is 0 Å². The lowest BCUT2D eigenvalue weighted by Gasteiger charge is -2.13. The van der Waals surface area contributed by atoms with E-state index in [4.69, 9.17) is 0 Å². The van der Waals surface area contributed by atoms with Crippen LogP contribution in [0.5, 0.6) is 0 Å². The Labute approximate surface area is 198 Å². The van der Waals surface area contributed by atoms with Gasteiger partial charge in [-0.3, -0.25) is 19.3 Å². The standard InChI is InChI=1S/C24H20FN5O3S/c25-16-6-3-5-15(13-16)21-27-24-30(28-21)17(14-34-24)10-11-26-20(31)9-4-12-29-22(32)18-7-1-2-8-19(18)23(29)33/h1-3,5-8,13-14H,4,9-12H2,(H,26,31). The number of rotatable bonds is 8. The molecule has 0 radical (unpaired) electrons. The highest BCUT2D eigenvalue weighted by Crippen LogP contribution is 2.23. The van der Waals surface area contributed by atoms with Crippen molar-refractivity contribution >= 4 is 34.0 Å². The Kier molecular flexibility index (Phi) is 5.89. The number of nitrogens with zero attached hydrogens (tertiary/aromatic N) is 4. The first-order chi connectivity index (χ1) is 16.5. The summed E-state index contributed by atoms with van der Waals surface area (Å²) in [4.78, 5) is 43.3. The van der Waals surface area contributed by atoms with Crippen molar-refractivity contribution < 1.29 is 18.8 Å². The maximum atomic E-state index is 13.5. The molecule has 34 heavy (non-hydrogen) atoms. The molecule has 10 heteroatoms. The molecular formula is C24H20FN5O3S. The van der Waals surface area contributed by atoms with E-state index >= 15 is 0 Å². The van der Waals surface area contributed by atoms with Gasteiger partial charge in [0.05, 0.1) is 16.8 Å². The second-order valence-corrected chi connectivity index (χ2v) is 8.71. The topological polar surface area (TPSA) is 96.7 Å². The molecule has 0 saturated heterocycles. The second kappa shape index (κ2) is 9.14. The number of halogens is 1. The molecule has 2 aromatic heterocycles. The Morgan fingerprint density at radius 3 is 2.56 bits per heavy atom. The van der Waals surface area contributed by atoms with E-state index in [0.717, 1.165) is 5.69 Å². The van der Waals surface area contributed by atoms with E-state index in [-0.39, 0.29) is 36.5 Å². The van der Waals surface area contributed by atoms with Crippen molar-refractivity contribution in [2.75, 3.05) is 13.1 Å². The molecule has 3 heterocycles. The van der Waals surface area contributed by atoms with E-state index in [1.165, 1.54) is 28.4 Å². The van der Waals surface area contributed by atoms with Crippen molar-refractivity contribution in [3.63, 3.8) is 0 Å². The number of nitrogens with one attached hydrogen (secondary N) is 1. The molecule has 5 rings (SSSR count). The molecule has 0 bridgehead atoms. The van der Waals surface area contributed by atoms with Crippen molar-refractivity contribution in [3.05, 3.63) is 76.5 Å². The van der Waals surface area contributed by atoms with Gasteiger partial charge >= 0.3 is 0 Å². The first-order valence-electron chi connectivity index (χ1n) is 10.8. The van der Waals surface area contributed by atoms with Gasteiger partial charge in [-0.1, -0.05) is 24.3 Å². The molecule has 0 unspecified atom stereocenters. The molecule has 1 aliphatic rings. The van der Waals surface area contributed by atoms with Crippen LogP contribution in [0.3, 0.4) is 0 Å². The molecule has 1 N–H and O–H groups in total. The molecule has 1 aliphatic heterocycles. The summed E-state index contributed by atoms with van der Waals surface area (Å²) in [7, 11) is 0. The quantitative estimate of drug-likeness (QED) is 0.393. The summed E-state index contributed by atoms with van der Waals surface area (Å²) in [6, 6.07) is 12.9. The molecule has 2 aromatic carbocycles. The molecular weight excluding hydrogens is 457 g/mol. The van der Waals surface area contributed by atoms with Crippen LogP contribution < -0.4 is 5.32 Å². The Morgan fingerprint density at radius 2 is 1.82 bits per heavy atom. The van der Waals surface area contributed by atoms with Crippen LogP contribution in [0.4, 0.5) is 4.39 Å². The predicted molar refractivity (Wildman–Crippen MR) is 124 cm³/mol. The average molecular weight is 478 g/mol. The molecule has 4 aromatic rings. The third kappa shape index (κ3) is 4.19. The number of thiazole rings is 1. The number of benzene rings is 2. The fraction of sp³-hybridized carbons (Fsp3) is 0.208. The maximum Gasteiger partial charge on any atom is 0.261 e. The summed E-state index contributed by atoms with van der Waals surface area (Å²) in [5, 5.41) is 9.27. The van der Waals surface area contributed by atoms with Gasteiger partial charge in [-0.05, 0) is 30.7 Å². The summed E-state index contributed by atoms with van der Waals surface area (Å²) in [6.45, 7) is 0.611. The zero-order valence-electron chi connectivity index (χ0n) is 18.0. The molecule has 3 amide bonds. The Hall–Kier alpha value is -3.92. The van der Waals surface area contributed by atoms with Crippen molar-refractivity contribution in [1.29, 1.82) is 0 Å². The van der Waals surface area contributed by atoms with Gasteiger partial charge in [0.15, 0.2) is 5.82 Å². The van der Waals surface area contributed by atoms with Gasteiger partial charge in [-0.25, -0.2) is 8.91 Å². The van der Waals surface area contributed by atoms with Crippen LogP contribution in [0.15, 0.2) is 53.9 Å². The minimum atomic E-state index is -0.346. The van der Waals surface area contributed by atoms with Gasteiger partial charge in [0.25, 0.3) is 11.8 Å². The summed E-state index contributed by atoms with van der Waals surface area (Å²) >= 11 is 1.43. The fourth-order valence-corrected chi connectivity index (χ4v) is 4.76. The zero-order valence-corrected chi connectivity index (χ0v) is 18.8. The number of hydrogen-bond donors (Lipinski definition) is 1. The number of fused-ring (bicyclic) bond motifs is 2. The van der Waals surface area contributed by atoms with Crippen LogP contribution >= 0.6 is 11.3 Å². The van der Waals surface area contributed by atoms with Gasteiger partial charge in [0, 0.05) is 36.9 Å². The number of carbonyl (C=O) groups is 3. The van der Waals surface area contributed by atoms with Gasteiger partial charge in [-0.15, -0.1) is 16.4 Å². The molecule has 0 fully saturated rings. The number of amides is 3. The monoisotopic (exact) mass is 477 g/mol. The van der Waals surface area contributed by atoms with Crippen molar-refractivity contribution in [1.82, 2.24) is 24.8 Å². The van der Waals surface area contributed by atoms with E-state index in [9.17, 15) is 18.8 Å². The summed E-state index contributed by atoms with van der Waals surface area (Å²) in [5.41, 5.74) is 2.31. The van der Waals surface area contributed by atoms with Crippen LogP contribution in [0.1, 0.15) is 39.3 Å². The minimum absolute atomic E-state index is 0.151. The van der Waals surface area contributed by atoms with Crippen molar-refractivity contribution in [2.24, 2.45) is 0 Å². The minimum Gasteiger partial charge on any atom is -0.356 e. The number of aromatic nitrogens is 3. The van der Waals surface area contributed by atoms with Gasteiger partial charge < -0.3 is 5.32 Å². The van der Waals surface area contributed by atoms with Crippen LogP contribution in [0, 0.1) is 5.82 Å². The lowest BCUT2D eigenvalue weighted by atomic mass is 10.1. The second-order valence-electron chi connectivity index (χ2n) is 7.88. The average Bonchev–Trinajstić information content (AvgIpc) is 3.49. The highest BCUT2D eigenvalue weighted by molar-refractivity contribution is 7.15. The third-order valence-corrected chi connectivity index (χ3v) is 6.46. The van der Waals surface area contributed by atoms with Crippen molar-refractivity contribution in [3.8, 4) is 11.4 Å². The Balaban J connectivity index is 1.11. The molecule has 0 saturated carbocycles. The van der Waals surface area contributed by atoms with Crippen molar-refractivity contribution in [2.45, 2.75) is 19.3 Å². The lowest BCUT2D eigenvalue weighted by Crippen LogP contribution is -2.32. The van der Waals surface area contributed by atoms with E-state index in [0.29, 0.717) is 46.9 Å². The van der Waals surface area contributed by atoms with Crippen LogP contribution in [0.25, 0.3) is 16.3 Å².